The van der Waals surface area contributed by atoms with Gasteiger partial charge in [0.05, 0.1) is 25.0 Å². The summed E-state index contributed by atoms with van der Waals surface area (Å²) >= 11 is 0. The predicted molar refractivity (Wildman–Crippen MR) is 57.6 cm³/mol. The summed E-state index contributed by atoms with van der Waals surface area (Å²) < 4.78 is 5.00. The van der Waals surface area contributed by atoms with E-state index in [1.54, 1.807) is 13.3 Å². The molecule has 1 heterocycles. The number of carbonyl (C=O) groups excluding carboxylic acids is 1. The summed E-state index contributed by atoms with van der Waals surface area (Å²) in [6, 6.07) is 3.61. The third kappa shape index (κ3) is 3.23. The molecule has 4 nitrogen and oxygen atoms in total. The fourth-order valence-electron chi connectivity index (χ4n) is 1.19. The van der Waals surface area contributed by atoms with E-state index in [1.165, 1.54) is 0 Å². The zero-order chi connectivity index (χ0) is 11.3. The van der Waals surface area contributed by atoms with Crippen LogP contribution in [-0.4, -0.2) is 18.0 Å². The third-order valence-corrected chi connectivity index (χ3v) is 2.14. The maximum Gasteiger partial charge on any atom is 0.220 e. The molecule has 1 atom stereocenters. The van der Waals surface area contributed by atoms with Crippen molar-refractivity contribution in [3.63, 3.8) is 0 Å². The van der Waals surface area contributed by atoms with E-state index in [1.807, 2.05) is 26.0 Å². The Morgan fingerprint density at radius 1 is 1.60 bits per heavy atom. The van der Waals surface area contributed by atoms with Crippen molar-refractivity contribution in [2.75, 3.05) is 7.11 Å². The Labute approximate surface area is 89.7 Å². The zero-order valence-corrected chi connectivity index (χ0v) is 9.28. The first-order valence-corrected chi connectivity index (χ1v) is 4.96. The second kappa shape index (κ2) is 5.34. The van der Waals surface area contributed by atoms with E-state index in [0.717, 1.165) is 5.69 Å². The van der Waals surface area contributed by atoms with E-state index in [-0.39, 0.29) is 11.9 Å². The number of carbonyl (C=O) groups is 1. The fourth-order valence-corrected chi connectivity index (χ4v) is 1.19. The van der Waals surface area contributed by atoms with Crippen LogP contribution in [0.15, 0.2) is 18.3 Å². The van der Waals surface area contributed by atoms with Gasteiger partial charge < -0.3 is 10.1 Å². The summed E-state index contributed by atoms with van der Waals surface area (Å²) in [5.74, 6) is 0.743. The molecule has 0 radical (unpaired) electrons. The molecule has 0 aliphatic rings. The number of ether oxygens (including phenoxy) is 1. The topological polar surface area (TPSA) is 51.2 Å². The Morgan fingerprint density at radius 2 is 2.33 bits per heavy atom. The minimum Gasteiger partial charge on any atom is -0.495 e. The second-order valence-corrected chi connectivity index (χ2v) is 3.27. The molecule has 0 aliphatic heterocycles. The van der Waals surface area contributed by atoms with Gasteiger partial charge in [-0.2, -0.15) is 0 Å². The molecule has 82 valence electrons. The number of amides is 1. The van der Waals surface area contributed by atoms with Crippen LogP contribution in [0.1, 0.15) is 32.0 Å². The lowest BCUT2D eigenvalue weighted by atomic mass is 10.2. The van der Waals surface area contributed by atoms with Gasteiger partial charge >= 0.3 is 0 Å². The summed E-state index contributed by atoms with van der Waals surface area (Å²) in [6.07, 6.45) is 2.13. The molecule has 4 heteroatoms. The summed E-state index contributed by atoms with van der Waals surface area (Å²) in [7, 11) is 1.60. The van der Waals surface area contributed by atoms with Crippen molar-refractivity contribution in [3.05, 3.63) is 24.0 Å². The van der Waals surface area contributed by atoms with Gasteiger partial charge in [-0.25, -0.2) is 0 Å². The minimum absolute atomic E-state index is 0.0279. The molecule has 0 bridgehead atoms. The van der Waals surface area contributed by atoms with Crippen molar-refractivity contribution in [1.29, 1.82) is 0 Å². The fraction of sp³-hybridized carbons (Fsp3) is 0.455. The van der Waals surface area contributed by atoms with E-state index in [9.17, 15) is 4.79 Å². The quantitative estimate of drug-likeness (QED) is 0.819. The van der Waals surface area contributed by atoms with Crippen LogP contribution in [0.4, 0.5) is 0 Å². The van der Waals surface area contributed by atoms with Gasteiger partial charge in [-0.05, 0) is 19.1 Å². The van der Waals surface area contributed by atoms with Crippen LogP contribution in [-0.2, 0) is 4.79 Å². The normalized spacial score (nSPS) is 11.9. The summed E-state index contributed by atoms with van der Waals surface area (Å²) in [5, 5.41) is 2.84. The largest absolute Gasteiger partial charge is 0.495 e. The van der Waals surface area contributed by atoms with Crippen molar-refractivity contribution in [2.24, 2.45) is 0 Å². The number of pyridine rings is 1. The molecule has 0 spiro atoms. The summed E-state index contributed by atoms with van der Waals surface area (Å²) in [4.78, 5) is 15.4. The maximum absolute atomic E-state index is 11.2. The van der Waals surface area contributed by atoms with Gasteiger partial charge in [0.25, 0.3) is 0 Å². The summed E-state index contributed by atoms with van der Waals surface area (Å²) in [6.45, 7) is 3.73. The molecular weight excluding hydrogens is 192 g/mol. The van der Waals surface area contributed by atoms with Gasteiger partial charge in [-0.3, -0.25) is 9.78 Å². The van der Waals surface area contributed by atoms with Crippen LogP contribution in [0.25, 0.3) is 0 Å². The SMILES string of the molecule is CCC(=O)N[C@H](C)c1ccc(OC)cn1. The molecule has 1 aromatic rings. The number of hydrogen-bond acceptors (Lipinski definition) is 3. The first-order chi connectivity index (χ1) is 7.17. The Hall–Kier alpha value is -1.58. The van der Waals surface area contributed by atoms with E-state index in [0.29, 0.717) is 12.2 Å². The third-order valence-electron chi connectivity index (χ3n) is 2.14. The highest BCUT2D eigenvalue weighted by Crippen LogP contribution is 2.13. The van der Waals surface area contributed by atoms with Gasteiger partial charge in [0.2, 0.25) is 5.91 Å². The lowest BCUT2D eigenvalue weighted by Gasteiger charge is -2.12. The zero-order valence-electron chi connectivity index (χ0n) is 9.28. The Kier molecular flexibility index (Phi) is 4.09. The number of nitrogens with one attached hydrogen (secondary N) is 1. The van der Waals surface area contributed by atoms with E-state index in [2.05, 4.69) is 10.3 Å². The smallest absolute Gasteiger partial charge is 0.220 e. The van der Waals surface area contributed by atoms with Crippen LogP contribution in [0, 0.1) is 0 Å². The van der Waals surface area contributed by atoms with Gasteiger partial charge in [-0.15, -0.1) is 0 Å². The van der Waals surface area contributed by atoms with Crippen molar-refractivity contribution < 1.29 is 9.53 Å². The highest BCUT2D eigenvalue weighted by molar-refractivity contribution is 5.75. The average molecular weight is 208 g/mol. The Morgan fingerprint density at radius 3 is 2.80 bits per heavy atom. The van der Waals surface area contributed by atoms with Crippen LogP contribution < -0.4 is 10.1 Å². The van der Waals surface area contributed by atoms with Gasteiger partial charge in [0.1, 0.15) is 5.75 Å². The molecule has 0 saturated carbocycles. The van der Waals surface area contributed by atoms with Crippen molar-refractivity contribution in [2.45, 2.75) is 26.3 Å². The lowest BCUT2D eigenvalue weighted by molar-refractivity contribution is -0.121. The molecule has 0 fully saturated rings. The maximum atomic E-state index is 11.2. The molecule has 1 amide bonds. The molecule has 0 aliphatic carbocycles. The van der Waals surface area contributed by atoms with Crippen LogP contribution in [0.2, 0.25) is 0 Å². The molecule has 1 N–H and O–H groups in total. The first-order valence-electron chi connectivity index (χ1n) is 4.96. The monoisotopic (exact) mass is 208 g/mol. The molecule has 0 unspecified atom stereocenters. The number of rotatable bonds is 4. The average Bonchev–Trinajstić information content (AvgIpc) is 2.29. The summed E-state index contributed by atoms with van der Waals surface area (Å²) in [5.41, 5.74) is 0.831. The highest BCUT2D eigenvalue weighted by atomic mass is 16.5. The van der Waals surface area contributed by atoms with Crippen molar-refractivity contribution in [3.8, 4) is 5.75 Å². The molecule has 1 rings (SSSR count). The number of hydrogen-bond donors (Lipinski definition) is 1. The van der Waals surface area contributed by atoms with E-state index >= 15 is 0 Å². The highest BCUT2D eigenvalue weighted by Gasteiger charge is 2.08. The number of nitrogens with zero attached hydrogens (tertiary/aromatic N) is 1. The van der Waals surface area contributed by atoms with E-state index in [4.69, 9.17) is 4.74 Å². The Balaban J connectivity index is 2.65. The van der Waals surface area contributed by atoms with Crippen molar-refractivity contribution >= 4 is 5.91 Å². The molecular formula is C11H16N2O2. The molecule has 1 aromatic heterocycles. The molecule has 0 saturated heterocycles. The first kappa shape index (κ1) is 11.5. The molecule has 0 aromatic carbocycles. The lowest BCUT2D eigenvalue weighted by Crippen LogP contribution is -2.26. The van der Waals surface area contributed by atoms with Crippen LogP contribution >= 0.6 is 0 Å². The van der Waals surface area contributed by atoms with Gasteiger partial charge in [0.15, 0.2) is 0 Å². The molecule has 15 heavy (non-hydrogen) atoms. The Bertz CT molecular complexity index is 322. The number of aromatic nitrogens is 1. The van der Waals surface area contributed by atoms with Gasteiger partial charge in [0, 0.05) is 6.42 Å². The van der Waals surface area contributed by atoms with Crippen LogP contribution in [0.3, 0.4) is 0 Å². The van der Waals surface area contributed by atoms with E-state index < -0.39 is 0 Å². The minimum atomic E-state index is -0.0663. The second-order valence-electron chi connectivity index (χ2n) is 3.27. The predicted octanol–water partition coefficient (Wildman–Crippen LogP) is 1.68. The van der Waals surface area contributed by atoms with Gasteiger partial charge in [-0.1, -0.05) is 6.92 Å². The van der Waals surface area contributed by atoms with Crippen molar-refractivity contribution in [1.82, 2.24) is 10.3 Å². The van der Waals surface area contributed by atoms with Crippen LogP contribution in [0.5, 0.6) is 5.75 Å². The standard InChI is InChI=1S/C11H16N2O2/c1-4-11(14)13-8(2)10-6-5-9(15-3)7-12-10/h5-8H,4H2,1-3H3,(H,13,14)/t8-/m1/s1. The number of methoxy groups -OCH3 is 1.